The van der Waals surface area contributed by atoms with Crippen molar-refractivity contribution >= 4 is 12.2 Å². The number of benzene rings is 1. The summed E-state index contributed by atoms with van der Waals surface area (Å²) in [4.78, 5) is 13.9. The minimum atomic E-state index is -0.481. The quantitative estimate of drug-likeness (QED) is 0.815. The van der Waals surface area contributed by atoms with Crippen molar-refractivity contribution in [3.8, 4) is 0 Å². The average Bonchev–Trinajstić information content (AvgIpc) is 2.84. The lowest BCUT2D eigenvalue weighted by Crippen LogP contribution is -2.39. The summed E-state index contributed by atoms with van der Waals surface area (Å²) in [7, 11) is 0. The second kappa shape index (κ2) is 6.29. The number of carbonyl (C=O) groups excluding carboxylic acids is 1. The smallest absolute Gasteiger partial charge is 0.410 e. The van der Waals surface area contributed by atoms with E-state index in [-0.39, 0.29) is 18.0 Å². The predicted molar refractivity (Wildman–Crippen MR) is 81.4 cm³/mol. The van der Waals surface area contributed by atoms with Crippen LogP contribution in [0, 0.1) is 5.82 Å². The Balaban J connectivity index is 2.01. The van der Waals surface area contributed by atoms with E-state index in [1.807, 2.05) is 32.9 Å². The zero-order valence-corrected chi connectivity index (χ0v) is 12.8. The molecule has 0 spiro atoms. The molecular weight excluding hydrogens is 269 g/mol. The zero-order chi connectivity index (χ0) is 15.5. The van der Waals surface area contributed by atoms with E-state index in [2.05, 4.69) is 0 Å². The van der Waals surface area contributed by atoms with E-state index < -0.39 is 5.60 Å². The highest BCUT2D eigenvalue weighted by molar-refractivity contribution is 5.69. The third-order valence-corrected chi connectivity index (χ3v) is 3.31. The minimum Gasteiger partial charge on any atom is -0.444 e. The lowest BCUT2D eigenvalue weighted by molar-refractivity contribution is 0.0256. The van der Waals surface area contributed by atoms with Crippen LogP contribution < -0.4 is 0 Å². The van der Waals surface area contributed by atoms with Gasteiger partial charge >= 0.3 is 6.09 Å². The Kier molecular flexibility index (Phi) is 4.66. The van der Waals surface area contributed by atoms with E-state index in [0.29, 0.717) is 6.54 Å². The van der Waals surface area contributed by atoms with E-state index in [1.54, 1.807) is 17.0 Å². The zero-order valence-electron chi connectivity index (χ0n) is 12.8. The summed E-state index contributed by atoms with van der Waals surface area (Å²) in [5, 5.41) is 0. The van der Waals surface area contributed by atoms with Gasteiger partial charge in [0, 0.05) is 6.54 Å². The topological polar surface area (TPSA) is 29.5 Å². The number of amides is 1. The van der Waals surface area contributed by atoms with Gasteiger partial charge in [0.05, 0.1) is 6.04 Å². The fraction of sp³-hybridized carbons (Fsp3) is 0.471. The standard InChI is InChI=1S/C17H22FNO2/c1-17(2,3)21-16(20)19-12-4-5-15(19)11-8-13-6-9-14(18)10-7-13/h6-11,15H,4-5,12H2,1-3H3/b11-8+. The van der Waals surface area contributed by atoms with Crippen molar-refractivity contribution in [3.05, 3.63) is 41.7 Å². The molecule has 1 saturated heterocycles. The van der Waals surface area contributed by atoms with Gasteiger partial charge in [0.15, 0.2) is 0 Å². The molecule has 0 radical (unpaired) electrons. The van der Waals surface area contributed by atoms with Crippen LogP contribution in [0.5, 0.6) is 0 Å². The van der Waals surface area contributed by atoms with Gasteiger partial charge in [-0.2, -0.15) is 0 Å². The highest BCUT2D eigenvalue weighted by Crippen LogP contribution is 2.22. The van der Waals surface area contributed by atoms with Gasteiger partial charge in [0.1, 0.15) is 11.4 Å². The van der Waals surface area contributed by atoms with Gasteiger partial charge in [-0.25, -0.2) is 9.18 Å². The van der Waals surface area contributed by atoms with Gasteiger partial charge in [0.2, 0.25) is 0 Å². The number of nitrogens with zero attached hydrogens (tertiary/aromatic N) is 1. The maximum atomic E-state index is 12.9. The molecule has 0 aromatic heterocycles. The van der Waals surface area contributed by atoms with E-state index >= 15 is 0 Å². The van der Waals surface area contributed by atoms with Crippen LogP contribution >= 0.6 is 0 Å². The normalized spacial score (nSPS) is 19.2. The molecule has 0 aliphatic carbocycles. The Hall–Kier alpha value is -1.84. The first kappa shape index (κ1) is 15.5. The fourth-order valence-corrected chi connectivity index (χ4v) is 2.34. The fourth-order valence-electron chi connectivity index (χ4n) is 2.34. The van der Waals surface area contributed by atoms with Crippen molar-refractivity contribution in [2.45, 2.75) is 45.3 Å². The van der Waals surface area contributed by atoms with Crippen LogP contribution in [0.2, 0.25) is 0 Å². The van der Waals surface area contributed by atoms with Gasteiger partial charge in [-0.1, -0.05) is 24.3 Å². The van der Waals surface area contributed by atoms with Crippen LogP contribution in [-0.2, 0) is 4.74 Å². The summed E-state index contributed by atoms with van der Waals surface area (Å²) >= 11 is 0. The SMILES string of the molecule is CC(C)(C)OC(=O)N1CCCC1/C=C/c1ccc(F)cc1. The Morgan fingerprint density at radius 3 is 2.62 bits per heavy atom. The third kappa shape index (κ3) is 4.59. The van der Waals surface area contributed by atoms with Gasteiger partial charge < -0.3 is 9.64 Å². The molecule has 0 bridgehead atoms. The van der Waals surface area contributed by atoms with Crippen molar-refractivity contribution in [2.24, 2.45) is 0 Å². The highest BCUT2D eigenvalue weighted by atomic mass is 19.1. The van der Waals surface area contributed by atoms with Crippen molar-refractivity contribution < 1.29 is 13.9 Å². The van der Waals surface area contributed by atoms with Gasteiger partial charge in [0.25, 0.3) is 0 Å². The molecule has 1 heterocycles. The molecule has 0 saturated carbocycles. The van der Waals surface area contributed by atoms with Crippen LogP contribution in [0.15, 0.2) is 30.3 Å². The predicted octanol–water partition coefficient (Wildman–Crippen LogP) is 4.24. The largest absolute Gasteiger partial charge is 0.444 e. The number of halogens is 1. The Morgan fingerprint density at radius 1 is 1.33 bits per heavy atom. The molecule has 2 rings (SSSR count). The van der Waals surface area contributed by atoms with Crippen LogP contribution in [0.3, 0.4) is 0 Å². The number of likely N-dealkylation sites (tertiary alicyclic amines) is 1. The molecular formula is C17H22FNO2. The van der Waals surface area contributed by atoms with Crippen molar-refractivity contribution in [1.82, 2.24) is 4.90 Å². The molecule has 4 heteroatoms. The van der Waals surface area contributed by atoms with Gasteiger partial charge in [-0.05, 0) is 51.3 Å². The van der Waals surface area contributed by atoms with E-state index in [0.717, 1.165) is 18.4 Å². The first-order chi connectivity index (χ1) is 9.85. The van der Waals surface area contributed by atoms with Crippen molar-refractivity contribution in [1.29, 1.82) is 0 Å². The second-order valence-electron chi connectivity index (χ2n) is 6.29. The molecule has 114 valence electrons. The molecule has 1 aromatic carbocycles. The summed E-state index contributed by atoms with van der Waals surface area (Å²) in [5.74, 6) is -0.247. The van der Waals surface area contributed by atoms with E-state index in [4.69, 9.17) is 4.74 Å². The molecule has 1 atom stereocenters. The van der Waals surface area contributed by atoms with Crippen molar-refractivity contribution in [2.75, 3.05) is 6.54 Å². The number of carbonyl (C=O) groups is 1. The first-order valence-corrected chi connectivity index (χ1v) is 7.28. The Bertz CT molecular complexity index is 517. The average molecular weight is 291 g/mol. The summed E-state index contributed by atoms with van der Waals surface area (Å²) in [6.07, 6.45) is 5.54. The molecule has 0 N–H and O–H groups in total. The van der Waals surface area contributed by atoms with Gasteiger partial charge in [-0.15, -0.1) is 0 Å². The summed E-state index contributed by atoms with van der Waals surface area (Å²) in [6.45, 7) is 6.31. The Labute approximate surface area is 125 Å². The number of hydrogen-bond donors (Lipinski definition) is 0. The molecule has 21 heavy (non-hydrogen) atoms. The molecule has 1 fully saturated rings. The molecule has 1 aliphatic heterocycles. The van der Waals surface area contributed by atoms with E-state index in [9.17, 15) is 9.18 Å². The molecule has 1 unspecified atom stereocenters. The van der Waals surface area contributed by atoms with Crippen LogP contribution in [0.1, 0.15) is 39.2 Å². The second-order valence-corrected chi connectivity index (χ2v) is 6.29. The summed E-state index contributed by atoms with van der Waals surface area (Å²) in [5.41, 5.74) is 0.442. The van der Waals surface area contributed by atoms with Crippen LogP contribution in [0.25, 0.3) is 6.08 Å². The molecule has 1 aromatic rings. The number of ether oxygens (including phenoxy) is 1. The summed E-state index contributed by atoms with van der Waals surface area (Å²) in [6, 6.07) is 6.35. The number of rotatable bonds is 2. The lowest BCUT2D eigenvalue weighted by Gasteiger charge is -2.27. The maximum absolute atomic E-state index is 12.9. The highest BCUT2D eigenvalue weighted by Gasteiger charge is 2.30. The first-order valence-electron chi connectivity index (χ1n) is 7.28. The summed E-state index contributed by atoms with van der Waals surface area (Å²) < 4.78 is 18.3. The van der Waals surface area contributed by atoms with Crippen molar-refractivity contribution in [3.63, 3.8) is 0 Å². The maximum Gasteiger partial charge on any atom is 0.410 e. The van der Waals surface area contributed by atoms with Crippen LogP contribution in [-0.4, -0.2) is 29.2 Å². The van der Waals surface area contributed by atoms with Crippen LogP contribution in [0.4, 0.5) is 9.18 Å². The molecule has 1 amide bonds. The monoisotopic (exact) mass is 291 g/mol. The molecule has 3 nitrogen and oxygen atoms in total. The third-order valence-electron chi connectivity index (χ3n) is 3.31. The number of hydrogen-bond acceptors (Lipinski definition) is 2. The van der Waals surface area contributed by atoms with Gasteiger partial charge in [-0.3, -0.25) is 0 Å². The molecule has 1 aliphatic rings. The lowest BCUT2D eigenvalue weighted by atomic mass is 10.1. The minimum absolute atomic E-state index is 0.0462. The Morgan fingerprint density at radius 2 is 2.00 bits per heavy atom. The van der Waals surface area contributed by atoms with E-state index in [1.165, 1.54) is 12.1 Å².